The Morgan fingerprint density at radius 1 is 0.833 bits per heavy atom. The minimum atomic E-state index is -0.346. The quantitative estimate of drug-likeness (QED) is 0.476. The highest BCUT2D eigenvalue weighted by molar-refractivity contribution is 6.30. The van der Waals surface area contributed by atoms with Crippen LogP contribution in [-0.2, 0) is 4.79 Å². The van der Waals surface area contributed by atoms with Crippen molar-refractivity contribution in [2.24, 2.45) is 0 Å². The summed E-state index contributed by atoms with van der Waals surface area (Å²) in [6, 6.07) is 13.3. The SMILES string of the molecule is CCCCOc1ccc(C(=O)NCC(=O)NCCNC(=O)c2ccc(Cl)cc2)cc1. The summed E-state index contributed by atoms with van der Waals surface area (Å²) >= 11 is 5.78. The highest BCUT2D eigenvalue weighted by Crippen LogP contribution is 2.12. The average Bonchev–Trinajstić information content (AvgIpc) is 2.76. The molecule has 0 aromatic heterocycles. The van der Waals surface area contributed by atoms with E-state index in [4.69, 9.17) is 16.3 Å². The molecule has 2 aromatic carbocycles. The summed E-state index contributed by atoms with van der Waals surface area (Å²) in [6.45, 7) is 3.09. The van der Waals surface area contributed by atoms with E-state index in [-0.39, 0.29) is 37.4 Å². The van der Waals surface area contributed by atoms with Gasteiger partial charge in [-0.1, -0.05) is 24.9 Å². The lowest BCUT2D eigenvalue weighted by Crippen LogP contribution is -2.40. The van der Waals surface area contributed by atoms with E-state index in [9.17, 15) is 14.4 Å². The van der Waals surface area contributed by atoms with Crippen LogP contribution in [0.25, 0.3) is 0 Å². The fourth-order valence-electron chi connectivity index (χ4n) is 2.44. The van der Waals surface area contributed by atoms with E-state index in [1.165, 1.54) is 0 Å². The van der Waals surface area contributed by atoms with Crippen LogP contribution in [0.3, 0.4) is 0 Å². The number of benzene rings is 2. The van der Waals surface area contributed by atoms with Crippen molar-refractivity contribution in [1.82, 2.24) is 16.0 Å². The van der Waals surface area contributed by atoms with Gasteiger partial charge in [0.1, 0.15) is 5.75 Å². The molecule has 0 bridgehead atoms. The Morgan fingerprint density at radius 2 is 1.40 bits per heavy atom. The second-order valence-corrected chi connectivity index (χ2v) is 6.96. The number of unbranched alkanes of at least 4 members (excludes halogenated alkanes) is 1. The molecule has 0 aliphatic carbocycles. The third kappa shape index (κ3) is 8.13. The number of hydrogen-bond acceptors (Lipinski definition) is 4. The zero-order chi connectivity index (χ0) is 21.8. The van der Waals surface area contributed by atoms with Gasteiger partial charge in [0.25, 0.3) is 11.8 Å². The van der Waals surface area contributed by atoms with Gasteiger partial charge in [-0.3, -0.25) is 14.4 Å². The Hall–Kier alpha value is -3.06. The number of rotatable bonds is 11. The van der Waals surface area contributed by atoms with Crippen molar-refractivity contribution in [3.8, 4) is 5.75 Å². The fraction of sp³-hybridized carbons (Fsp3) is 0.318. The molecule has 0 unspecified atom stereocenters. The van der Waals surface area contributed by atoms with Crippen LogP contribution in [0.15, 0.2) is 48.5 Å². The summed E-state index contributed by atoms with van der Waals surface area (Å²) in [5.41, 5.74) is 0.931. The molecule has 0 fully saturated rings. The molecular weight excluding hydrogens is 406 g/mol. The Morgan fingerprint density at radius 3 is 2.03 bits per heavy atom. The molecule has 0 heterocycles. The van der Waals surface area contributed by atoms with E-state index in [0.717, 1.165) is 12.8 Å². The maximum Gasteiger partial charge on any atom is 0.251 e. The van der Waals surface area contributed by atoms with Crippen LogP contribution >= 0.6 is 11.6 Å². The summed E-state index contributed by atoms with van der Waals surface area (Å²) in [5.74, 6) is -0.236. The van der Waals surface area contributed by atoms with Gasteiger partial charge in [-0.15, -0.1) is 0 Å². The molecule has 2 aromatic rings. The summed E-state index contributed by atoms with van der Waals surface area (Å²) in [4.78, 5) is 35.9. The molecule has 0 saturated heterocycles. The van der Waals surface area contributed by atoms with Crippen molar-refractivity contribution in [3.63, 3.8) is 0 Å². The first-order valence-corrected chi connectivity index (χ1v) is 10.2. The minimum Gasteiger partial charge on any atom is -0.494 e. The number of hydrogen-bond donors (Lipinski definition) is 3. The zero-order valence-corrected chi connectivity index (χ0v) is 17.6. The predicted octanol–water partition coefficient (Wildman–Crippen LogP) is 2.79. The number of amides is 3. The highest BCUT2D eigenvalue weighted by Gasteiger charge is 2.09. The van der Waals surface area contributed by atoms with Gasteiger partial charge in [0, 0.05) is 29.2 Å². The van der Waals surface area contributed by atoms with Gasteiger partial charge in [-0.05, 0) is 55.0 Å². The van der Waals surface area contributed by atoms with Gasteiger partial charge in [0.15, 0.2) is 0 Å². The van der Waals surface area contributed by atoms with E-state index < -0.39 is 0 Å². The molecule has 0 atom stereocenters. The maximum atomic E-state index is 12.1. The van der Waals surface area contributed by atoms with Crippen LogP contribution in [0.1, 0.15) is 40.5 Å². The van der Waals surface area contributed by atoms with Gasteiger partial charge < -0.3 is 20.7 Å². The maximum absolute atomic E-state index is 12.1. The Labute approximate surface area is 181 Å². The zero-order valence-electron chi connectivity index (χ0n) is 16.9. The van der Waals surface area contributed by atoms with Gasteiger partial charge in [0.2, 0.25) is 5.91 Å². The molecule has 0 saturated carbocycles. The molecule has 160 valence electrons. The van der Waals surface area contributed by atoms with Crippen LogP contribution in [0, 0.1) is 0 Å². The molecule has 30 heavy (non-hydrogen) atoms. The largest absolute Gasteiger partial charge is 0.494 e. The summed E-state index contributed by atoms with van der Waals surface area (Å²) < 4.78 is 5.55. The van der Waals surface area contributed by atoms with Crippen LogP contribution < -0.4 is 20.7 Å². The molecule has 0 aliphatic heterocycles. The lowest BCUT2D eigenvalue weighted by atomic mass is 10.2. The van der Waals surface area contributed by atoms with Crippen molar-refractivity contribution in [1.29, 1.82) is 0 Å². The summed E-state index contributed by atoms with van der Waals surface area (Å²) in [5, 5.41) is 8.44. The van der Waals surface area contributed by atoms with Crippen LogP contribution in [0.5, 0.6) is 5.75 Å². The third-order valence-corrected chi connectivity index (χ3v) is 4.38. The lowest BCUT2D eigenvalue weighted by molar-refractivity contribution is -0.120. The first-order valence-electron chi connectivity index (χ1n) is 9.81. The highest BCUT2D eigenvalue weighted by atomic mass is 35.5. The molecule has 3 N–H and O–H groups in total. The molecular formula is C22H26ClN3O4. The lowest BCUT2D eigenvalue weighted by Gasteiger charge is -2.09. The van der Waals surface area contributed by atoms with E-state index >= 15 is 0 Å². The standard InChI is InChI=1S/C22H26ClN3O4/c1-2-3-14-30-19-10-6-17(7-11-19)22(29)26-15-20(27)24-12-13-25-21(28)16-4-8-18(23)9-5-16/h4-11H,2-3,12-15H2,1H3,(H,24,27)(H,25,28)(H,26,29). The monoisotopic (exact) mass is 431 g/mol. The van der Waals surface area contributed by atoms with Crippen molar-refractivity contribution in [3.05, 3.63) is 64.7 Å². The first kappa shape index (κ1) is 23.2. The number of ether oxygens (including phenoxy) is 1. The Bertz CT molecular complexity index is 838. The van der Waals surface area contributed by atoms with Crippen LogP contribution in [0.4, 0.5) is 0 Å². The van der Waals surface area contributed by atoms with Crippen LogP contribution in [0.2, 0.25) is 5.02 Å². The van der Waals surface area contributed by atoms with E-state index in [1.54, 1.807) is 48.5 Å². The topological polar surface area (TPSA) is 96.5 Å². The normalized spacial score (nSPS) is 10.2. The van der Waals surface area contributed by atoms with Crippen molar-refractivity contribution < 1.29 is 19.1 Å². The number of carbonyl (C=O) groups excluding carboxylic acids is 3. The predicted molar refractivity (Wildman–Crippen MR) is 116 cm³/mol. The minimum absolute atomic E-state index is 0.154. The van der Waals surface area contributed by atoms with Crippen molar-refractivity contribution in [2.75, 3.05) is 26.2 Å². The molecule has 0 spiro atoms. The average molecular weight is 432 g/mol. The van der Waals surface area contributed by atoms with Gasteiger partial charge in [-0.25, -0.2) is 0 Å². The Balaban J connectivity index is 1.63. The smallest absolute Gasteiger partial charge is 0.251 e. The van der Waals surface area contributed by atoms with E-state index in [1.807, 2.05) is 0 Å². The molecule has 0 radical (unpaired) electrons. The first-order chi connectivity index (χ1) is 14.5. The second kappa shape index (κ2) is 12.5. The number of nitrogens with one attached hydrogen (secondary N) is 3. The van der Waals surface area contributed by atoms with Gasteiger partial charge >= 0.3 is 0 Å². The van der Waals surface area contributed by atoms with Crippen molar-refractivity contribution >= 4 is 29.3 Å². The van der Waals surface area contributed by atoms with Crippen LogP contribution in [-0.4, -0.2) is 44.0 Å². The molecule has 0 aliphatic rings. The Kier molecular flexibility index (Phi) is 9.67. The summed E-state index contributed by atoms with van der Waals surface area (Å²) in [6.07, 6.45) is 2.03. The van der Waals surface area contributed by atoms with Crippen molar-refractivity contribution in [2.45, 2.75) is 19.8 Å². The molecule has 8 heteroatoms. The fourth-order valence-corrected chi connectivity index (χ4v) is 2.57. The molecule has 2 rings (SSSR count). The van der Waals surface area contributed by atoms with Gasteiger partial charge in [0.05, 0.1) is 13.2 Å². The molecule has 3 amide bonds. The second-order valence-electron chi connectivity index (χ2n) is 6.52. The number of carbonyl (C=O) groups is 3. The number of halogens is 1. The van der Waals surface area contributed by atoms with Gasteiger partial charge in [-0.2, -0.15) is 0 Å². The van der Waals surface area contributed by atoms with E-state index in [2.05, 4.69) is 22.9 Å². The third-order valence-electron chi connectivity index (χ3n) is 4.13. The molecule has 7 nitrogen and oxygen atoms in total. The summed E-state index contributed by atoms with van der Waals surface area (Å²) in [7, 11) is 0. The van der Waals surface area contributed by atoms with E-state index in [0.29, 0.717) is 28.5 Å².